The average molecular weight is 275 g/mol. The molecule has 1 heterocycles. The van der Waals surface area contributed by atoms with E-state index in [0.29, 0.717) is 6.04 Å². The van der Waals surface area contributed by atoms with Crippen LogP contribution in [0.1, 0.15) is 56.8 Å². The Kier molecular flexibility index (Phi) is 5.84. The van der Waals surface area contributed by atoms with Gasteiger partial charge in [-0.25, -0.2) is 0 Å². The molecule has 2 rings (SSSR count). The second kappa shape index (κ2) is 7.63. The Morgan fingerprint density at radius 2 is 2.20 bits per heavy atom. The van der Waals surface area contributed by atoms with Crippen LogP contribution in [0.25, 0.3) is 0 Å². The van der Waals surface area contributed by atoms with Crippen LogP contribution in [-0.2, 0) is 13.5 Å². The lowest BCUT2D eigenvalue weighted by Crippen LogP contribution is -2.33. The van der Waals surface area contributed by atoms with Crippen molar-refractivity contribution in [1.29, 1.82) is 0 Å². The SMILES string of the molecule is CCCNC(CC1=CCCCC1)Cc1cc(C)nn1C. The topological polar surface area (TPSA) is 29.9 Å². The third-order valence-electron chi connectivity index (χ3n) is 4.13. The fraction of sp³-hybridized carbons (Fsp3) is 0.706. The molecule has 1 N–H and O–H groups in total. The third-order valence-corrected chi connectivity index (χ3v) is 4.13. The Labute approximate surface area is 123 Å². The van der Waals surface area contributed by atoms with Gasteiger partial charge in [-0.2, -0.15) is 5.10 Å². The van der Waals surface area contributed by atoms with Crippen LogP contribution in [0.5, 0.6) is 0 Å². The second-order valence-corrected chi connectivity index (χ2v) is 6.07. The molecule has 0 radical (unpaired) electrons. The van der Waals surface area contributed by atoms with Gasteiger partial charge in [-0.1, -0.05) is 18.6 Å². The van der Waals surface area contributed by atoms with Gasteiger partial charge in [0.1, 0.15) is 0 Å². The summed E-state index contributed by atoms with van der Waals surface area (Å²) in [6.07, 6.45) is 11.3. The molecular formula is C17H29N3. The molecule has 0 fully saturated rings. The normalized spacial score (nSPS) is 17.1. The van der Waals surface area contributed by atoms with Gasteiger partial charge < -0.3 is 5.32 Å². The molecule has 3 heteroatoms. The second-order valence-electron chi connectivity index (χ2n) is 6.07. The van der Waals surface area contributed by atoms with Crippen LogP contribution in [0, 0.1) is 6.92 Å². The lowest BCUT2D eigenvalue weighted by molar-refractivity contribution is 0.478. The maximum absolute atomic E-state index is 4.47. The molecule has 1 aliphatic carbocycles. The fourth-order valence-electron chi connectivity index (χ4n) is 3.08. The van der Waals surface area contributed by atoms with Gasteiger partial charge >= 0.3 is 0 Å². The number of aromatic nitrogens is 2. The van der Waals surface area contributed by atoms with Gasteiger partial charge in [-0.3, -0.25) is 4.68 Å². The van der Waals surface area contributed by atoms with Gasteiger partial charge in [0.2, 0.25) is 0 Å². The van der Waals surface area contributed by atoms with Crippen LogP contribution < -0.4 is 5.32 Å². The van der Waals surface area contributed by atoms with Crippen molar-refractivity contribution in [2.75, 3.05) is 6.54 Å². The van der Waals surface area contributed by atoms with Crippen LogP contribution in [0.15, 0.2) is 17.7 Å². The summed E-state index contributed by atoms with van der Waals surface area (Å²) in [4.78, 5) is 0. The molecule has 0 aliphatic heterocycles. The van der Waals surface area contributed by atoms with E-state index in [0.717, 1.165) is 18.7 Å². The third kappa shape index (κ3) is 4.48. The lowest BCUT2D eigenvalue weighted by Gasteiger charge is -2.22. The number of nitrogens with zero attached hydrogens (tertiary/aromatic N) is 2. The van der Waals surface area contributed by atoms with Crippen LogP contribution in [0.3, 0.4) is 0 Å². The minimum atomic E-state index is 0.550. The van der Waals surface area contributed by atoms with Crippen molar-refractivity contribution in [2.45, 2.75) is 64.8 Å². The smallest absolute Gasteiger partial charge is 0.0596 e. The maximum atomic E-state index is 4.47. The quantitative estimate of drug-likeness (QED) is 0.772. The van der Waals surface area contributed by atoms with Crippen LogP contribution in [-0.4, -0.2) is 22.4 Å². The molecule has 0 aromatic carbocycles. The van der Waals surface area contributed by atoms with Crippen LogP contribution in [0.2, 0.25) is 0 Å². The van der Waals surface area contributed by atoms with E-state index in [4.69, 9.17) is 0 Å². The van der Waals surface area contributed by atoms with Gasteiger partial charge in [0.25, 0.3) is 0 Å². The number of aryl methyl sites for hydroxylation is 2. The standard InChI is InChI=1S/C17H29N3/c1-4-10-18-16(12-15-8-6-5-7-9-15)13-17-11-14(2)19-20(17)3/h8,11,16,18H,4-7,9-10,12-13H2,1-3H3. The van der Waals surface area contributed by atoms with E-state index in [2.05, 4.69) is 43.5 Å². The summed E-state index contributed by atoms with van der Waals surface area (Å²) in [5.74, 6) is 0. The average Bonchev–Trinajstić information content (AvgIpc) is 2.75. The molecule has 1 atom stereocenters. The molecule has 1 aliphatic rings. The largest absolute Gasteiger partial charge is 0.313 e. The first-order chi connectivity index (χ1) is 9.69. The molecule has 20 heavy (non-hydrogen) atoms. The highest BCUT2D eigenvalue weighted by atomic mass is 15.3. The van der Waals surface area contributed by atoms with Crippen molar-refractivity contribution in [3.8, 4) is 0 Å². The van der Waals surface area contributed by atoms with Gasteiger partial charge in [0.05, 0.1) is 5.69 Å². The van der Waals surface area contributed by atoms with E-state index in [9.17, 15) is 0 Å². The summed E-state index contributed by atoms with van der Waals surface area (Å²) in [6.45, 7) is 5.41. The monoisotopic (exact) mass is 275 g/mol. The first-order valence-electron chi connectivity index (χ1n) is 8.10. The molecular weight excluding hydrogens is 246 g/mol. The lowest BCUT2D eigenvalue weighted by atomic mass is 9.92. The summed E-state index contributed by atoms with van der Waals surface area (Å²) in [7, 11) is 2.05. The highest BCUT2D eigenvalue weighted by Crippen LogP contribution is 2.22. The molecule has 112 valence electrons. The highest BCUT2D eigenvalue weighted by Gasteiger charge is 2.15. The zero-order valence-electron chi connectivity index (χ0n) is 13.3. The zero-order valence-corrected chi connectivity index (χ0v) is 13.3. The van der Waals surface area contributed by atoms with Gasteiger partial charge in [-0.15, -0.1) is 0 Å². The minimum Gasteiger partial charge on any atom is -0.313 e. The predicted octanol–water partition coefficient (Wildman–Crippen LogP) is 3.53. The van der Waals surface area contributed by atoms with Crippen LogP contribution in [0.4, 0.5) is 0 Å². The molecule has 0 spiro atoms. The van der Waals surface area contributed by atoms with Gasteiger partial charge in [0.15, 0.2) is 0 Å². The summed E-state index contributed by atoms with van der Waals surface area (Å²) in [6, 6.07) is 2.77. The van der Waals surface area contributed by atoms with Crippen LogP contribution >= 0.6 is 0 Å². The summed E-state index contributed by atoms with van der Waals surface area (Å²) >= 11 is 0. The Hall–Kier alpha value is -1.09. The number of hydrogen-bond acceptors (Lipinski definition) is 2. The van der Waals surface area contributed by atoms with Gasteiger partial charge in [-0.05, 0) is 58.1 Å². The van der Waals surface area contributed by atoms with Crippen molar-refractivity contribution in [3.63, 3.8) is 0 Å². The molecule has 0 amide bonds. The van der Waals surface area contributed by atoms with Crippen molar-refractivity contribution >= 4 is 0 Å². The number of nitrogens with one attached hydrogen (secondary N) is 1. The first-order valence-corrected chi connectivity index (χ1v) is 8.10. The number of allylic oxidation sites excluding steroid dienone is 1. The van der Waals surface area contributed by atoms with Crippen molar-refractivity contribution in [1.82, 2.24) is 15.1 Å². The highest BCUT2D eigenvalue weighted by molar-refractivity contribution is 5.13. The summed E-state index contributed by atoms with van der Waals surface area (Å²) in [5, 5.41) is 8.19. The molecule has 0 bridgehead atoms. The first kappa shape index (κ1) is 15.3. The number of rotatable bonds is 7. The Morgan fingerprint density at radius 3 is 2.80 bits per heavy atom. The molecule has 0 saturated heterocycles. The van der Waals surface area contributed by atoms with E-state index in [1.54, 1.807) is 5.57 Å². The molecule has 1 aromatic rings. The molecule has 3 nitrogen and oxygen atoms in total. The molecule has 1 unspecified atom stereocenters. The summed E-state index contributed by atoms with van der Waals surface area (Å²) < 4.78 is 2.03. The van der Waals surface area contributed by atoms with E-state index in [1.807, 2.05) is 4.68 Å². The number of hydrogen-bond donors (Lipinski definition) is 1. The van der Waals surface area contributed by atoms with E-state index >= 15 is 0 Å². The van der Waals surface area contributed by atoms with Crippen molar-refractivity contribution < 1.29 is 0 Å². The molecule has 1 aromatic heterocycles. The molecule has 0 saturated carbocycles. The minimum absolute atomic E-state index is 0.550. The van der Waals surface area contributed by atoms with Crippen molar-refractivity contribution in [2.24, 2.45) is 7.05 Å². The Balaban J connectivity index is 1.99. The summed E-state index contributed by atoms with van der Waals surface area (Å²) in [5.41, 5.74) is 4.12. The van der Waals surface area contributed by atoms with E-state index < -0.39 is 0 Å². The Bertz CT molecular complexity index is 445. The fourth-order valence-corrected chi connectivity index (χ4v) is 3.08. The van der Waals surface area contributed by atoms with Crippen molar-refractivity contribution in [3.05, 3.63) is 29.1 Å². The van der Waals surface area contributed by atoms with E-state index in [-0.39, 0.29) is 0 Å². The Morgan fingerprint density at radius 1 is 1.35 bits per heavy atom. The van der Waals surface area contributed by atoms with Gasteiger partial charge in [0, 0.05) is 25.2 Å². The predicted molar refractivity (Wildman–Crippen MR) is 84.9 cm³/mol. The zero-order chi connectivity index (χ0) is 14.4. The maximum Gasteiger partial charge on any atom is 0.0596 e. The van der Waals surface area contributed by atoms with E-state index in [1.165, 1.54) is 44.2 Å².